The minimum Gasteiger partial charge on any atom is -0.305 e. The number of pyridine rings is 1. The van der Waals surface area contributed by atoms with E-state index in [0.717, 1.165) is 0 Å². The fourth-order valence-corrected chi connectivity index (χ4v) is 1.71. The van der Waals surface area contributed by atoms with E-state index in [2.05, 4.69) is 20.5 Å². The van der Waals surface area contributed by atoms with E-state index in [1.165, 1.54) is 6.20 Å². The van der Waals surface area contributed by atoms with Crippen molar-refractivity contribution >= 4 is 17.4 Å². The maximum absolute atomic E-state index is 12.0. The Morgan fingerprint density at radius 2 is 2.20 bits per heavy atom. The third-order valence-corrected chi connectivity index (χ3v) is 2.65. The summed E-state index contributed by atoms with van der Waals surface area (Å²) in [5.41, 5.74) is -0.223. The molecule has 0 radical (unpaired) electrons. The normalized spacial score (nSPS) is 10.6. The molecule has 0 saturated carbocycles. The van der Waals surface area contributed by atoms with Crippen molar-refractivity contribution in [1.29, 1.82) is 0 Å². The van der Waals surface area contributed by atoms with E-state index in [4.69, 9.17) is 0 Å². The molecule has 2 aromatic rings. The Morgan fingerprint density at radius 1 is 1.45 bits per heavy atom. The topological polar surface area (TPSA) is 114 Å². The zero-order valence-electron chi connectivity index (χ0n) is 11.0. The molecule has 0 atom stereocenters. The van der Waals surface area contributed by atoms with Crippen LogP contribution in [0.4, 0.5) is 11.5 Å². The number of nitrogens with one attached hydrogen (secondary N) is 2. The molecule has 0 aromatic carbocycles. The highest BCUT2D eigenvalue weighted by Crippen LogP contribution is 2.27. The lowest BCUT2D eigenvalue weighted by molar-refractivity contribution is -0.385. The maximum atomic E-state index is 12.0. The summed E-state index contributed by atoms with van der Waals surface area (Å²) in [4.78, 5) is 26.5. The number of nitro groups is 1. The van der Waals surface area contributed by atoms with E-state index in [9.17, 15) is 14.9 Å². The molecule has 0 aliphatic rings. The van der Waals surface area contributed by atoms with E-state index < -0.39 is 10.8 Å². The molecule has 0 fully saturated rings. The van der Waals surface area contributed by atoms with Gasteiger partial charge in [-0.3, -0.25) is 20.0 Å². The Bertz CT molecular complexity index is 636. The van der Waals surface area contributed by atoms with Gasteiger partial charge in [-0.05, 0) is 12.1 Å². The second-order valence-electron chi connectivity index (χ2n) is 4.42. The lowest BCUT2D eigenvalue weighted by Crippen LogP contribution is -2.15. The van der Waals surface area contributed by atoms with Crippen molar-refractivity contribution in [3.8, 4) is 0 Å². The van der Waals surface area contributed by atoms with E-state index in [-0.39, 0.29) is 17.3 Å². The van der Waals surface area contributed by atoms with Gasteiger partial charge in [-0.2, -0.15) is 5.10 Å². The number of amides is 1. The predicted octanol–water partition coefficient (Wildman–Crippen LogP) is 2.09. The predicted molar refractivity (Wildman–Crippen MR) is 71.5 cm³/mol. The molecule has 1 amide bonds. The third-order valence-electron chi connectivity index (χ3n) is 2.65. The number of carbonyl (C=O) groups excluding carboxylic acids is 1. The molecule has 0 spiro atoms. The molecule has 0 aliphatic carbocycles. The molecule has 8 nitrogen and oxygen atoms in total. The van der Waals surface area contributed by atoms with Crippen molar-refractivity contribution < 1.29 is 9.72 Å². The first-order valence-electron chi connectivity index (χ1n) is 5.95. The van der Waals surface area contributed by atoms with Gasteiger partial charge in [0, 0.05) is 12.1 Å². The number of hydrogen-bond acceptors (Lipinski definition) is 5. The number of rotatable bonds is 4. The summed E-state index contributed by atoms with van der Waals surface area (Å²) in [6, 6.07) is 4.98. The largest absolute Gasteiger partial charge is 0.323 e. The summed E-state index contributed by atoms with van der Waals surface area (Å²) in [6.45, 7) is 3.56. The van der Waals surface area contributed by atoms with Gasteiger partial charge in [0.2, 0.25) is 5.69 Å². The Morgan fingerprint density at radius 3 is 2.75 bits per heavy atom. The smallest absolute Gasteiger partial charge is 0.305 e. The molecule has 2 heterocycles. The second-order valence-corrected chi connectivity index (χ2v) is 4.42. The van der Waals surface area contributed by atoms with Gasteiger partial charge in [0.25, 0.3) is 5.91 Å². The first-order valence-corrected chi connectivity index (χ1v) is 5.95. The number of nitrogens with zero attached hydrogens (tertiary/aromatic N) is 3. The van der Waals surface area contributed by atoms with Gasteiger partial charge < -0.3 is 5.32 Å². The van der Waals surface area contributed by atoms with Crippen LogP contribution in [0.2, 0.25) is 0 Å². The highest BCUT2D eigenvalue weighted by molar-refractivity contribution is 6.05. The number of H-pyrrole nitrogens is 1. The Labute approximate surface area is 114 Å². The van der Waals surface area contributed by atoms with E-state index in [1.807, 2.05) is 0 Å². The quantitative estimate of drug-likeness (QED) is 0.655. The lowest BCUT2D eigenvalue weighted by Gasteiger charge is -2.02. The first-order chi connectivity index (χ1) is 9.50. The number of carbonyl (C=O) groups is 1. The molecule has 0 unspecified atom stereocenters. The number of anilines is 1. The van der Waals surface area contributed by atoms with E-state index in [1.54, 1.807) is 32.0 Å². The Balaban J connectivity index is 2.33. The van der Waals surface area contributed by atoms with Crippen molar-refractivity contribution in [3.63, 3.8) is 0 Å². The molecule has 2 N–H and O–H groups in total. The van der Waals surface area contributed by atoms with Crippen LogP contribution in [0.1, 0.15) is 35.9 Å². The molecule has 0 aliphatic heterocycles. The number of hydrogen-bond donors (Lipinski definition) is 2. The van der Waals surface area contributed by atoms with Crippen LogP contribution >= 0.6 is 0 Å². The molecular formula is C12H13N5O3. The summed E-state index contributed by atoms with van der Waals surface area (Å²) < 4.78 is 0. The number of aromatic nitrogens is 3. The average molecular weight is 275 g/mol. The van der Waals surface area contributed by atoms with Crippen LogP contribution in [-0.2, 0) is 0 Å². The van der Waals surface area contributed by atoms with Gasteiger partial charge in [0.1, 0.15) is 11.5 Å². The van der Waals surface area contributed by atoms with Crippen LogP contribution in [0.25, 0.3) is 0 Å². The molecule has 104 valence electrons. The summed E-state index contributed by atoms with van der Waals surface area (Å²) >= 11 is 0. The molecule has 0 bridgehead atoms. The second kappa shape index (κ2) is 5.47. The minimum absolute atomic E-state index is 0.140. The number of aromatic amines is 1. The van der Waals surface area contributed by atoms with Gasteiger partial charge in [-0.15, -0.1) is 0 Å². The summed E-state index contributed by atoms with van der Waals surface area (Å²) in [5, 5.41) is 19.9. The molecule has 8 heteroatoms. The van der Waals surface area contributed by atoms with Gasteiger partial charge in [-0.25, -0.2) is 4.98 Å². The van der Waals surface area contributed by atoms with Gasteiger partial charge in [0.05, 0.1) is 4.92 Å². The van der Waals surface area contributed by atoms with Crippen molar-refractivity contribution in [3.05, 3.63) is 45.9 Å². The van der Waals surface area contributed by atoms with Gasteiger partial charge in [-0.1, -0.05) is 19.9 Å². The molecule has 2 rings (SSSR count). The summed E-state index contributed by atoms with van der Waals surface area (Å²) in [7, 11) is 0. The van der Waals surface area contributed by atoms with Crippen LogP contribution in [0.5, 0.6) is 0 Å². The highest BCUT2D eigenvalue weighted by atomic mass is 16.6. The minimum atomic E-state index is -0.668. The lowest BCUT2D eigenvalue weighted by atomic mass is 10.1. The van der Waals surface area contributed by atoms with Crippen LogP contribution in [0.15, 0.2) is 24.4 Å². The maximum Gasteiger partial charge on any atom is 0.323 e. The van der Waals surface area contributed by atoms with Crippen molar-refractivity contribution in [1.82, 2.24) is 15.2 Å². The van der Waals surface area contributed by atoms with Crippen molar-refractivity contribution in [2.45, 2.75) is 19.8 Å². The van der Waals surface area contributed by atoms with Crippen LogP contribution in [0.3, 0.4) is 0 Å². The molecular weight excluding hydrogens is 262 g/mol. The molecule has 2 aromatic heterocycles. The standard InChI is InChI=1S/C12H13N5O3/c1-7(2)9-11(17(19)20)10(16-15-9)12(18)14-8-5-3-4-6-13-8/h3-7H,1-2H3,(H,15,16)(H,13,14,18). The van der Waals surface area contributed by atoms with Crippen molar-refractivity contribution in [2.75, 3.05) is 5.32 Å². The summed E-state index contributed by atoms with van der Waals surface area (Å²) in [6.07, 6.45) is 1.51. The van der Waals surface area contributed by atoms with Crippen LogP contribution < -0.4 is 5.32 Å². The summed E-state index contributed by atoms with van der Waals surface area (Å²) in [5.74, 6) is -0.501. The van der Waals surface area contributed by atoms with E-state index in [0.29, 0.717) is 11.5 Å². The highest BCUT2D eigenvalue weighted by Gasteiger charge is 2.30. The monoisotopic (exact) mass is 275 g/mol. The zero-order valence-corrected chi connectivity index (χ0v) is 11.0. The fraction of sp³-hybridized carbons (Fsp3) is 0.250. The fourth-order valence-electron chi connectivity index (χ4n) is 1.71. The Hall–Kier alpha value is -2.77. The molecule has 20 heavy (non-hydrogen) atoms. The van der Waals surface area contributed by atoms with Gasteiger partial charge in [0.15, 0.2) is 0 Å². The zero-order chi connectivity index (χ0) is 14.7. The molecule has 0 saturated heterocycles. The third kappa shape index (κ3) is 2.63. The Kier molecular flexibility index (Phi) is 3.74. The van der Waals surface area contributed by atoms with E-state index >= 15 is 0 Å². The SMILES string of the molecule is CC(C)c1[nH]nc(C(=O)Nc2ccccn2)c1[N+](=O)[O-]. The van der Waals surface area contributed by atoms with Crippen LogP contribution in [-0.4, -0.2) is 26.0 Å². The first kappa shape index (κ1) is 13.7. The van der Waals surface area contributed by atoms with Gasteiger partial charge >= 0.3 is 5.69 Å². The average Bonchev–Trinajstić information content (AvgIpc) is 2.84. The van der Waals surface area contributed by atoms with Crippen molar-refractivity contribution in [2.24, 2.45) is 0 Å². The van der Waals surface area contributed by atoms with Crippen LogP contribution in [0, 0.1) is 10.1 Å².